The predicted octanol–water partition coefficient (Wildman–Crippen LogP) is -0.884. The first-order valence-electron chi connectivity index (χ1n) is 2.72. The molecule has 4 nitrogen and oxygen atoms in total. The van der Waals surface area contributed by atoms with Crippen molar-refractivity contribution < 1.29 is 42.1 Å². The van der Waals surface area contributed by atoms with Crippen LogP contribution in [-0.2, 0) is 27.1 Å². The quantitative estimate of drug-likeness (QED) is 0.394. The van der Waals surface area contributed by atoms with Gasteiger partial charge in [-0.1, -0.05) is 0 Å². The van der Waals surface area contributed by atoms with E-state index in [0.29, 0.717) is 12.8 Å². The Bertz CT molecular complexity index is 85.7. The van der Waals surface area contributed by atoms with Crippen LogP contribution < -0.4 is 5.11 Å². The summed E-state index contributed by atoms with van der Waals surface area (Å²) in [7, 11) is 0. The van der Waals surface area contributed by atoms with Gasteiger partial charge in [-0.05, 0) is 12.8 Å². The summed E-state index contributed by atoms with van der Waals surface area (Å²) in [6.07, 6.45) is -0.398. The fraction of sp³-hybridized carbons (Fsp3) is 0.800. The van der Waals surface area contributed by atoms with E-state index in [1.807, 2.05) is 0 Å². The first kappa shape index (κ1) is 12.6. The number of hydrogen-bond acceptors (Lipinski definition) is 4. The number of aliphatic hydroxyl groups excluding tert-OH is 1. The zero-order valence-corrected chi connectivity index (χ0v) is 6.78. The second kappa shape index (κ2) is 8.97. The molecule has 0 aliphatic heterocycles. The van der Waals surface area contributed by atoms with Crippen LogP contribution in [0.1, 0.15) is 12.8 Å². The smallest absolute Gasteiger partial charge is 0.550 e. The molecule has 0 heterocycles. The summed E-state index contributed by atoms with van der Waals surface area (Å²) in [6, 6.07) is 0. The van der Waals surface area contributed by atoms with Crippen molar-refractivity contribution in [3.05, 3.63) is 0 Å². The molecular weight excluding hydrogens is 232 g/mol. The summed E-state index contributed by atoms with van der Waals surface area (Å²) in [5.74, 6) is 0. The molecule has 0 aromatic rings. The van der Waals surface area contributed by atoms with Crippen molar-refractivity contribution in [2.24, 2.45) is 0 Å². The van der Waals surface area contributed by atoms with E-state index in [9.17, 15) is 9.90 Å². The Morgan fingerprint density at radius 2 is 2.10 bits per heavy atom. The molecule has 0 saturated heterocycles. The average molecular weight is 241 g/mol. The van der Waals surface area contributed by atoms with Gasteiger partial charge in [0.1, 0.15) is 0 Å². The van der Waals surface area contributed by atoms with Crippen LogP contribution in [0.25, 0.3) is 0 Å². The maximum absolute atomic E-state index is 9.57. The van der Waals surface area contributed by atoms with Gasteiger partial charge in [0.15, 0.2) is 0 Å². The molecule has 0 rings (SSSR count). The van der Waals surface area contributed by atoms with Crippen molar-refractivity contribution in [3.8, 4) is 0 Å². The van der Waals surface area contributed by atoms with Crippen LogP contribution in [0.5, 0.6) is 0 Å². The fourth-order valence-electron chi connectivity index (χ4n) is 0.369. The maximum Gasteiger partial charge on any atom is 1.00 e. The molecule has 0 bridgehead atoms. The SMILES string of the molecule is O=C([O-])OCCCCO.[Ag+]. The minimum Gasteiger partial charge on any atom is -0.550 e. The third-order valence-corrected chi connectivity index (χ3v) is 0.772. The van der Waals surface area contributed by atoms with Gasteiger partial charge in [0.2, 0.25) is 0 Å². The van der Waals surface area contributed by atoms with E-state index in [2.05, 4.69) is 4.74 Å². The first-order valence-corrected chi connectivity index (χ1v) is 2.72. The topological polar surface area (TPSA) is 69.6 Å². The normalized spacial score (nSPS) is 8.10. The molecule has 0 amide bonds. The van der Waals surface area contributed by atoms with Crippen molar-refractivity contribution in [2.45, 2.75) is 12.8 Å². The molecule has 5 heteroatoms. The van der Waals surface area contributed by atoms with Crippen molar-refractivity contribution in [2.75, 3.05) is 13.2 Å². The molecule has 0 atom stereocenters. The Morgan fingerprint density at radius 3 is 2.50 bits per heavy atom. The van der Waals surface area contributed by atoms with Crippen molar-refractivity contribution >= 4 is 6.16 Å². The van der Waals surface area contributed by atoms with E-state index in [-0.39, 0.29) is 35.6 Å². The Morgan fingerprint density at radius 1 is 1.50 bits per heavy atom. The summed E-state index contributed by atoms with van der Waals surface area (Å²) in [6.45, 7) is 0.180. The molecule has 64 valence electrons. The second-order valence-corrected chi connectivity index (χ2v) is 1.53. The molecule has 0 aromatic heterocycles. The Hall–Kier alpha value is -0.0297. The van der Waals surface area contributed by atoms with E-state index in [1.165, 1.54) is 0 Å². The molecule has 0 fully saturated rings. The largest absolute Gasteiger partial charge is 1.00 e. The Labute approximate surface area is 74.7 Å². The van der Waals surface area contributed by atoms with Gasteiger partial charge >= 0.3 is 22.4 Å². The van der Waals surface area contributed by atoms with Gasteiger partial charge in [0.05, 0.1) is 0 Å². The van der Waals surface area contributed by atoms with Gasteiger partial charge in [-0.2, -0.15) is 0 Å². The van der Waals surface area contributed by atoms with Crippen LogP contribution in [-0.4, -0.2) is 24.5 Å². The summed E-state index contributed by atoms with van der Waals surface area (Å²) >= 11 is 0. The van der Waals surface area contributed by atoms with Crippen LogP contribution >= 0.6 is 0 Å². The Kier molecular flexibility index (Phi) is 11.3. The Balaban J connectivity index is 0. The summed E-state index contributed by atoms with van der Waals surface area (Å²) in [5.41, 5.74) is 0. The van der Waals surface area contributed by atoms with Crippen LogP contribution in [0.15, 0.2) is 0 Å². The van der Waals surface area contributed by atoms with Crippen LogP contribution in [0.3, 0.4) is 0 Å². The first-order chi connectivity index (χ1) is 4.27. The zero-order valence-electron chi connectivity index (χ0n) is 5.30. The molecule has 0 aliphatic rings. The molecule has 0 saturated carbocycles. The van der Waals surface area contributed by atoms with Gasteiger partial charge in [-0.25, -0.2) is 0 Å². The number of carbonyl (C=O) groups is 1. The number of carbonyl (C=O) groups excluding carboxylic acids is 1. The standard InChI is InChI=1S/C5H10O4.Ag/c6-3-1-2-4-9-5(7)8;/h6H,1-4H2,(H,7,8);/q;+1/p-1. The van der Waals surface area contributed by atoms with Crippen molar-refractivity contribution in [3.63, 3.8) is 0 Å². The van der Waals surface area contributed by atoms with Gasteiger partial charge in [0, 0.05) is 13.2 Å². The van der Waals surface area contributed by atoms with Crippen molar-refractivity contribution in [1.82, 2.24) is 0 Å². The minimum absolute atomic E-state index is 0. The molecular formula is C5H9AgO4. The third kappa shape index (κ3) is 10.9. The van der Waals surface area contributed by atoms with Crippen LogP contribution in [0.4, 0.5) is 4.79 Å². The van der Waals surface area contributed by atoms with Gasteiger partial charge in [-0.15, -0.1) is 0 Å². The number of carboxylic acid groups (broad SMARTS) is 1. The van der Waals surface area contributed by atoms with E-state index in [4.69, 9.17) is 5.11 Å². The minimum atomic E-state index is -1.51. The fourth-order valence-corrected chi connectivity index (χ4v) is 0.369. The van der Waals surface area contributed by atoms with E-state index < -0.39 is 6.16 Å². The summed E-state index contributed by atoms with van der Waals surface area (Å²) < 4.78 is 4.04. The van der Waals surface area contributed by atoms with Crippen molar-refractivity contribution in [1.29, 1.82) is 0 Å². The van der Waals surface area contributed by atoms with Crippen LogP contribution in [0.2, 0.25) is 0 Å². The molecule has 10 heavy (non-hydrogen) atoms. The second-order valence-electron chi connectivity index (χ2n) is 1.53. The number of unbranched alkanes of at least 4 members (excludes halogenated alkanes) is 1. The third-order valence-electron chi connectivity index (χ3n) is 0.772. The average Bonchev–Trinajstić information content (AvgIpc) is 1.80. The monoisotopic (exact) mass is 240 g/mol. The van der Waals surface area contributed by atoms with E-state index in [0.717, 1.165) is 0 Å². The van der Waals surface area contributed by atoms with Crippen LogP contribution in [0, 0.1) is 0 Å². The van der Waals surface area contributed by atoms with Gasteiger partial charge < -0.3 is 19.7 Å². The van der Waals surface area contributed by atoms with Gasteiger partial charge in [-0.3, -0.25) is 0 Å². The zero-order chi connectivity index (χ0) is 7.11. The number of rotatable bonds is 4. The number of aliphatic hydroxyl groups is 1. The number of hydrogen-bond donors (Lipinski definition) is 1. The van der Waals surface area contributed by atoms with Gasteiger partial charge in [0.25, 0.3) is 6.16 Å². The summed E-state index contributed by atoms with van der Waals surface area (Å²) in [4.78, 5) is 9.57. The van der Waals surface area contributed by atoms with E-state index in [1.54, 1.807) is 0 Å². The predicted molar refractivity (Wildman–Crippen MR) is 27.7 cm³/mol. The molecule has 0 unspecified atom stereocenters. The number of ether oxygens (including phenoxy) is 1. The molecule has 0 aromatic carbocycles. The molecule has 0 spiro atoms. The molecule has 1 N–H and O–H groups in total. The van der Waals surface area contributed by atoms with E-state index >= 15 is 0 Å². The molecule has 0 aliphatic carbocycles. The molecule has 0 radical (unpaired) electrons. The maximum atomic E-state index is 9.57. The summed E-state index contributed by atoms with van der Waals surface area (Å²) in [5, 5.41) is 17.8.